The third-order valence-electron chi connectivity index (χ3n) is 4.66. The number of nitrogens with two attached hydrogens (primary N) is 1. The first kappa shape index (κ1) is 27.8. The van der Waals surface area contributed by atoms with Crippen molar-refractivity contribution in [3.8, 4) is 17.2 Å². The zero-order valence-corrected chi connectivity index (χ0v) is 21.3. The highest BCUT2D eigenvalue weighted by Gasteiger charge is 2.25. The van der Waals surface area contributed by atoms with E-state index >= 15 is 0 Å². The molecule has 0 aliphatic heterocycles. The Morgan fingerprint density at radius 1 is 1.09 bits per heavy atom. The van der Waals surface area contributed by atoms with E-state index in [-0.39, 0.29) is 34.0 Å². The summed E-state index contributed by atoms with van der Waals surface area (Å²) in [5.41, 5.74) is 5.59. The van der Waals surface area contributed by atoms with Gasteiger partial charge >= 0.3 is 5.97 Å². The van der Waals surface area contributed by atoms with Gasteiger partial charge in [0.1, 0.15) is 11.0 Å². The number of nitrogens with one attached hydrogen (secondary N) is 2. The highest BCUT2D eigenvalue weighted by Crippen LogP contribution is 2.38. The summed E-state index contributed by atoms with van der Waals surface area (Å²) in [6.45, 7) is -0.606. The number of primary amides is 1. The molecule has 1 atom stereocenters. The first-order valence-corrected chi connectivity index (χ1v) is 12.5. The molecule has 4 N–H and O–H groups in total. The van der Waals surface area contributed by atoms with Gasteiger partial charge < -0.3 is 35.3 Å². The van der Waals surface area contributed by atoms with Crippen molar-refractivity contribution in [2.75, 3.05) is 45.3 Å². The Balaban J connectivity index is 2.08. The van der Waals surface area contributed by atoms with E-state index in [2.05, 4.69) is 10.6 Å². The molecule has 3 amide bonds. The minimum atomic E-state index is -1.01. The van der Waals surface area contributed by atoms with E-state index in [0.29, 0.717) is 11.5 Å². The SMILES string of the molecule is COc1cc(C(=O)N[C@H](CCSC)C(=O)OCC(=O)Nc2sccc2C(N)=O)cc(OC)c1OC. The average Bonchev–Trinajstić information content (AvgIpc) is 3.32. The second-order valence-electron chi connectivity index (χ2n) is 6.91. The Bertz CT molecular complexity index is 1050. The van der Waals surface area contributed by atoms with Crippen LogP contribution in [0.4, 0.5) is 5.00 Å². The summed E-state index contributed by atoms with van der Waals surface area (Å²) in [6, 6.07) is 3.38. The molecular weight excluding hydrogens is 498 g/mol. The molecule has 0 saturated heterocycles. The summed E-state index contributed by atoms with van der Waals surface area (Å²) in [6.07, 6.45) is 2.13. The van der Waals surface area contributed by atoms with Crippen molar-refractivity contribution in [1.82, 2.24) is 5.32 Å². The quantitative estimate of drug-likeness (QED) is 0.333. The Kier molecular flexibility index (Phi) is 10.7. The lowest BCUT2D eigenvalue weighted by atomic mass is 10.1. The van der Waals surface area contributed by atoms with E-state index in [0.717, 1.165) is 11.3 Å². The van der Waals surface area contributed by atoms with Crippen LogP contribution in [-0.4, -0.2) is 69.7 Å². The summed E-state index contributed by atoms with van der Waals surface area (Å²) < 4.78 is 20.9. The van der Waals surface area contributed by atoms with Gasteiger partial charge in [0, 0.05) is 5.56 Å². The topological polar surface area (TPSA) is 155 Å². The van der Waals surface area contributed by atoms with E-state index < -0.39 is 36.3 Å². The standard InChI is InChI=1S/C22H27N3O8S2/c1-30-15-9-12(10-16(31-2)18(15)32-3)20(28)24-14(6-7-34-4)22(29)33-11-17(26)25-21-13(19(23)27)5-8-35-21/h5,8-10,14H,6-7,11H2,1-4H3,(H2,23,27)(H,24,28)(H,25,26)/t14-/m1/s1. The highest BCUT2D eigenvalue weighted by molar-refractivity contribution is 7.98. The Morgan fingerprint density at radius 2 is 1.74 bits per heavy atom. The van der Waals surface area contributed by atoms with Gasteiger partial charge in [-0.1, -0.05) is 0 Å². The van der Waals surface area contributed by atoms with E-state index in [1.807, 2.05) is 6.26 Å². The minimum absolute atomic E-state index is 0.158. The lowest BCUT2D eigenvalue weighted by Gasteiger charge is -2.18. The molecular formula is C22H27N3O8S2. The number of ether oxygens (including phenoxy) is 4. The van der Waals surface area contributed by atoms with Gasteiger partial charge in [0.2, 0.25) is 5.75 Å². The molecule has 0 aliphatic rings. The predicted molar refractivity (Wildman–Crippen MR) is 133 cm³/mol. The molecule has 0 spiro atoms. The third kappa shape index (κ3) is 7.52. The Morgan fingerprint density at radius 3 is 2.29 bits per heavy atom. The second-order valence-corrected chi connectivity index (χ2v) is 8.81. The Hall–Kier alpha value is -3.45. The van der Waals surface area contributed by atoms with Crippen molar-refractivity contribution in [3.63, 3.8) is 0 Å². The predicted octanol–water partition coefficient (Wildman–Crippen LogP) is 1.91. The van der Waals surface area contributed by atoms with Crippen LogP contribution in [0, 0.1) is 0 Å². The number of thiophene rings is 1. The van der Waals surface area contributed by atoms with Gasteiger partial charge in [0.15, 0.2) is 18.1 Å². The summed E-state index contributed by atoms with van der Waals surface area (Å²) >= 11 is 2.59. The smallest absolute Gasteiger partial charge is 0.329 e. The number of hydrogen-bond acceptors (Lipinski definition) is 10. The number of esters is 1. The fraction of sp³-hybridized carbons (Fsp3) is 0.364. The molecule has 13 heteroatoms. The zero-order chi connectivity index (χ0) is 26.0. The molecule has 1 heterocycles. The van der Waals surface area contributed by atoms with E-state index in [1.54, 1.807) is 5.38 Å². The Labute approximate surface area is 210 Å². The number of carbonyl (C=O) groups excluding carboxylic acids is 4. The molecule has 2 rings (SSSR count). The molecule has 190 valence electrons. The summed E-state index contributed by atoms with van der Waals surface area (Å²) in [5, 5.41) is 6.97. The van der Waals surface area contributed by atoms with Crippen molar-refractivity contribution in [1.29, 1.82) is 0 Å². The average molecular weight is 526 g/mol. The molecule has 0 bridgehead atoms. The number of methoxy groups -OCH3 is 3. The van der Waals surface area contributed by atoms with Gasteiger partial charge in [-0.15, -0.1) is 11.3 Å². The van der Waals surface area contributed by atoms with Gasteiger partial charge in [-0.25, -0.2) is 4.79 Å². The number of thioether (sulfide) groups is 1. The maximum absolute atomic E-state index is 12.9. The lowest BCUT2D eigenvalue weighted by molar-refractivity contribution is -0.149. The maximum atomic E-state index is 12.9. The van der Waals surface area contributed by atoms with Crippen molar-refractivity contribution >= 4 is 51.8 Å². The van der Waals surface area contributed by atoms with Gasteiger partial charge in [-0.3, -0.25) is 14.4 Å². The molecule has 1 aromatic heterocycles. The largest absolute Gasteiger partial charge is 0.493 e. The number of hydrogen-bond donors (Lipinski definition) is 3. The van der Waals surface area contributed by atoms with Crippen LogP contribution in [0.5, 0.6) is 17.2 Å². The molecule has 0 aliphatic carbocycles. The summed E-state index contributed by atoms with van der Waals surface area (Å²) in [5.74, 6) is -1.26. The van der Waals surface area contributed by atoms with Crippen LogP contribution in [0.3, 0.4) is 0 Å². The van der Waals surface area contributed by atoms with Crippen molar-refractivity contribution in [2.45, 2.75) is 12.5 Å². The summed E-state index contributed by atoms with van der Waals surface area (Å²) in [7, 11) is 4.29. The second kappa shape index (κ2) is 13.4. The van der Waals surface area contributed by atoms with Crippen LogP contribution >= 0.6 is 23.1 Å². The van der Waals surface area contributed by atoms with Crippen LogP contribution in [0.25, 0.3) is 0 Å². The van der Waals surface area contributed by atoms with Crippen LogP contribution in [0.1, 0.15) is 27.1 Å². The van der Waals surface area contributed by atoms with Crippen LogP contribution < -0.4 is 30.6 Å². The zero-order valence-electron chi connectivity index (χ0n) is 19.7. The third-order valence-corrected chi connectivity index (χ3v) is 6.13. The lowest BCUT2D eigenvalue weighted by Crippen LogP contribution is -2.43. The molecule has 11 nitrogen and oxygen atoms in total. The molecule has 0 unspecified atom stereocenters. The molecule has 1 aromatic carbocycles. The number of rotatable bonds is 13. The monoisotopic (exact) mass is 525 g/mol. The molecule has 35 heavy (non-hydrogen) atoms. The number of carbonyl (C=O) groups is 4. The fourth-order valence-electron chi connectivity index (χ4n) is 2.94. The molecule has 2 aromatic rings. The maximum Gasteiger partial charge on any atom is 0.329 e. The minimum Gasteiger partial charge on any atom is -0.493 e. The van der Waals surface area contributed by atoms with Crippen molar-refractivity contribution in [2.24, 2.45) is 5.73 Å². The van der Waals surface area contributed by atoms with Gasteiger partial charge in [0.25, 0.3) is 17.7 Å². The summed E-state index contributed by atoms with van der Waals surface area (Å²) in [4.78, 5) is 49.2. The molecule has 0 saturated carbocycles. The van der Waals surface area contributed by atoms with Crippen LogP contribution in [0.15, 0.2) is 23.6 Å². The van der Waals surface area contributed by atoms with Crippen molar-refractivity contribution < 1.29 is 38.1 Å². The van der Waals surface area contributed by atoms with Gasteiger partial charge in [0.05, 0.1) is 26.9 Å². The van der Waals surface area contributed by atoms with Gasteiger partial charge in [-0.2, -0.15) is 11.8 Å². The number of benzene rings is 1. The van der Waals surface area contributed by atoms with E-state index in [4.69, 9.17) is 24.7 Å². The first-order valence-electron chi connectivity index (χ1n) is 10.2. The highest BCUT2D eigenvalue weighted by atomic mass is 32.2. The van der Waals surface area contributed by atoms with E-state index in [1.165, 1.54) is 51.3 Å². The van der Waals surface area contributed by atoms with Crippen LogP contribution in [-0.2, 0) is 14.3 Å². The number of amides is 3. The van der Waals surface area contributed by atoms with Crippen molar-refractivity contribution in [3.05, 3.63) is 34.7 Å². The normalized spacial score (nSPS) is 11.2. The molecule has 0 fully saturated rings. The fourth-order valence-corrected chi connectivity index (χ4v) is 4.22. The van der Waals surface area contributed by atoms with Gasteiger partial charge in [-0.05, 0) is 42.0 Å². The van der Waals surface area contributed by atoms with Crippen LogP contribution in [0.2, 0.25) is 0 Å². The molecule has 0 radical (unpaired) electrons. The number of anilines is 1. The van der Waals surface area contributed by atoms with E-state index in [9.17, 15) is 19.2 Å². The first-order chi connectivity index (χ1) is 16.7.